The van der Waals surface area contributed by atoms with Crippen LogP contribution < -0.4 is 11.3 Å². The van der Waals surface area contributed by atoms with Crippen LogP contribution in [0.15, 0.2) is 56.4 Å². The van der Waals surface area contributed by atoms with E-state index in [0.717, 1.165) is 15.6 Å². The minimum atomic E-state index is -0.172. The number of hydrogen-bond acceptors (Lipinski definition) is 4. The zero-order chi connectivity index (χ0) is 14.1. The number of anilines is 1. The first-order valence-electron chi connectivity index (χ1n) is 5.85. The first-order chi connectivity index (χ1) is 9.65. The number of nitrogens with two attached hydrogens (primary N) is 1. The Morgan fingerprint density at radius 2 is 2.05 bits per heavy atom. The Morgan fingerprint density at radius 1 is 1.20 bits per heavy atom. The van der Waals surface area contributed by atoms with Gasteiger partial charge in [0, 0.05) is 22.3 Å². The maximum Gasteiger partial charge on any atom is 0.247 e. The highest BCUT2D eigenvalue weighted by Crippen LogP contribution is 2.36. The Kier molecular flexibility index (Phi) is 3.15. The molecule has 0 aliphatic rings. The molecule has 20 heavy (non-hydrogen) atoms. The van der Waals surface area contributed by atoms with Crippen LogP contribution in [-0.4, -0.2) is 10.1 Å². The predicted molar refractivity (Wildman–Crippen MR) is 80.1 cm³/mol. The van der Waals surface area contributed by atoms with Crippen molar-refractivity contribution in [3.05, 3.63) is 57.4 Å². The molecule has 100 valence electrons. The van der Waals surface area contributed by atoms with Crippen molar-refractivity contribution in [2.24, 2.45) is 0 Å². The van der Waals surface area contributed by atoms with Gasteiger partial charge in [0.15, 0.2) is 0 Å². The number of hydrogen-bond donors (Lipinski definition) is 2. The van der Waals surface area contributed by atoms with E-state index >= 15 is 0 Å². The molecule has 2 heterocycles. The van der Waals surface area contributed by atoms with Gasteiger partial charge in [-0.15, -0.1) is 0 Å². The maximum atomic E-state index is 11.1. The first kappa shape index (κ1) is 12.7. The summed E-state index contributed by atoms with van der Waals surface area (Å²) in [4.78, 5) is 13.7. The second kappa shape index (κ2) is 4.97. The molecule has 0 fully saturated rings. The average molecular weight is 332 g/mol. The highest BCUT2D eigenvalue weighted by atomic mass is 79.9. The van der Waals surface area contributed by atoms with Gasteiger partial charge in [0.25, 0.3) is 0 Å². The fourth-order valence-corrected chi connectivity index (χ4v) is 2.38. The summed E-state index contributed by atoms with van der Waals surface area (Å²) in [7, 11) is 0. The van der Waals surface area contributed by atoms with E-state index in [4.69, 9.17) is 10.3 Å². The SMILES string of the molecule is Nc1onc(-c2ccc(=O)[nH]c2)c1-c1cccc(Br)c1. The fourth-order valence-electron chi connectivity index (χ4n) is 1.98. The minimum absolute atomic E-state index is 0.172. The van der Waals surface area contributed by atoms with E-state index in [9.17, 15) is 4.79 Å². The number of nitrogens with zero attached hydrogens (tertiary/aromatic N) is 1. The molecule has 0 spiro atoms. The van der Waals surface area contributed by atoms with E-state index in [1.807, 2.05) is 24.3 Å². The molecule has 0 amide bonds. The van der Waals surface area contributed by atoms with Crippen LogP contribution in [0.1, 0.15) is 0 Å². The van der Waals surface area contributed by atoms with Crippen molar-refractivity contribution in [3.8, 4) is 22.4 Å². The zero-order valence-corrected chi connectivity index (χ0v) is 11.8. The molecule has 0 bridgehead atoms. The quantitative estimate of drug-likeness (QED) is 0.755. The standard InChI is InChI=1S/C14H10BrN3O2/c15-10-3-1-2-8(6-10)12-13(18-20-14(12)16)9-4-5-11(19)17-7-9/h1-7H,16H2,(H,17,19). The smallest absolute Gasteiger partial charge is 0.247 e. The van der Waals surface area contributed by atoms with Crippen molar-refractivity contribution in [2.75, 3.05) is 5.73 Å². The van der Waals surface area contributed by atoms with Gasteiger partial charge < -0.3 is 15.2 Å². The highest BCUT2D eigenvalue weighted by Gasteiger charge is 2.17. The van der Waals surface area contributed by atoms with Crippen molar-refractivity contribution >= 4 is 21.8 Å². The molecule has 3 aromatic rings. The van der Waals surface area contributed by atoms with Crippen LogP contribution in [0.25, 0.3) is 22.4 Å². The molecule has 0 atom stereocenters. The molecular formula is C14H10BrN3O2. The number of rotatable bonds is 2. The number of pyridine rings is 1. The van der Waals surface area contributed by atoms with Gasteiger partial charge >= 0.3 is 0 Å². The third kappa shape index (κ3) is 2.25. The van der Waals surface area contributed by atoms with Gasteiger partial charge in [0.05, 0.1) is 5.56 Å². The van der Waals surface area contributed by atoms with Gasteiger partial charge in [-0.2, -0.15) is 0 Å². The maximum absolute atomic E-state index is 11.1. The number of halogens is 1. The van der Waals surface area contributed by atoms with Crippen molar-refractivity contribution in [1.82, 2.24) is 10.1 Å². The summed E-state index contributed by atoms with van der Waals surface area (Å²) >= 11 is 3.42. The Balaban J connectivity index is 2.19. The van der Waals surface area contributed by atoms with Crippen molar-refractivity contribution in [3.63, 3.8) is 0 Å². The second-order valence-electron chi connectivity index (χ2n) is 4.22. The monoisotopic (exact) mass is 331 g/mol. The Hall–Kier alpha value is -2.34. The molecule has 3 rings (SSSR count). The van der Waals surface area contributed by atoms with E-state index in [-0.39, 0.29) is 11.4 Å². The van der Waals surface area contributed by atoms with E-state index in [0.29, 0.717) is 11.3 Å². The van der Waals surface area contributed by atoms with Crippen LogP contribution in [0.2, 0.25) is 0 Å². The summed E-state index contributed by atoms with van der Waals surface area (Å²) in [5.74, 6) is 0.240. The van der Waals surface area contributed by atoms with Crippen LogP contribution in [0, 0.1) is 0 Å². The lowest BCUT2D eigenvalue weighted by atomic mass is 10.0. The lowest BCUT2D eigenvalue weighted by Crippen LogP contribution is -2.01. The predicted octanol–water partition coefficient (Wildman–Crippen LogP) is 3.04. The first-order valence-corrected chi connectivity index (χ1v) is 6.64. The minimum Gasteiger partial charge on any atom is -0.367 e. The fraction of sp³-hybridized carbons (Fsp3) is 0. The number of aromatic nitrogens is 2. The van der Waals surface area contributed by atoms with E-state index in [2.05, 4.69) is 26.1 Å². The van der Waals surface area contributed by atoms with Crippen molar-refractivity contribution in [2.45, 2.75) is 0 Å². The largest absolute Gasteiger partial charge is 0.367 e. The van der Waals surface area contributed by atoms with Crippen LogP contribution >= 0.6 is 15.9 Å². The number of benzene rings is 1. The Labute approximate surface area is 122 Å². The van der Waals surface area contributed by atoms with Gasteiger partial charge in [-0.05, 0) is 23.8 Å². The molecule has 0 unspecified atom stereocenters. The van der Waals surface area contributed by atoms with Crippen LogP contribution in [0.5, 0.6) is 0 Å². The summed E-state index contributed by atoms with van der Waals surface area (Å²) in [6.45, 7) is 0. The number of nitrogen functional groups attached to an aromatic ring is 1. The van der Waals surface area contributed by atoms with E-state index < -0.39 is 0 Å². The molecule has 0 saturated carbocycles. The Morgan fingerprint density at radius 3 is 2.75 bits per heavy atom. The van der Waals surface area contributed by atoms with Crippen LogP contribution in [-0.2, 0) is 0 Å². The van der Waals surface area contributed by atoms with E-state index in [1.165, 1.54) is 6.07 Å². The molecule has 3 N–H and O–H groups in total. The van der Waals surface area contributed by atoms with Crippen LogP contribution in [0.4, 0.5) is 5.88 Å². The molecule has 0 radical (unpaired) electrons. The number of nitrogens with one attached hydrogen (secondary N) is 1. The van der Waals surface area contributed by atoms with Gasteiger partial charge in [0.2, 0.25) is 11.4 Å². The van der Waals surface area contributed by atoms with Gasteiger partial charge in [0.1, 0.15) is 5.69 Å². The molecule has 1 aromatic carbocycles. The summed E-state index contributed by atoms with van der Waals surface area (Å²) in [5.41, 5.74) is 8.63. The third-order valence-corrected chi connectivity index (χ3v) is 3.38. The summed E-state index contributed by atoms with van der Waals surface area (Å²) < 4.78 is 6.03. The molecule has 0 saturated heterocycles. The van der Waals surface area contributed by atoms with Gasteiger partial charge in [-0.3, -0.25) is 4.79 Å². The van der Waals surface area contributed by atoms with E-state index in [1.54, 1.807) is 12.3 Å². The lowest BCUT2D eigenvalue weighted by Gasteiger charge is -2.03. The average Bonchev–Trinajstić information content (AvgIpc) is 2.81. The molecule has 0 aliphatic heterocycles. The normalized spacial score (nSPS) is 10.7. The lowest BCUT2D eigenvalue weighted by molar-refractivity contribution is 0.439. The Bertz CT molecular complexity index is 803. The molecule has 2 aromatic heterocycles. The molecule has 0 aliphatic carbocycles. The zero-order valence-electron chi connectivity index (χ0n) is 10.3. The van der Waals surface area contributed by atoms with Gasteiger partial charge in [-0.25, -0.2) is 0 Å². The number of H-pyrrole nitrogens is 1. The number of aromatic amines is 1. The molecular weight excluding hydrogens is 322 g/mol. The topological polar surface area (TPSA) is 84.9 Å². The molecule has 5 nitrogen and oxygen atoms in total. The second-order valence-corrected chi connectivity index (χ2v) is 5.14. The van der Waals surface area contributed by atoms with Crippen molar-refractivity contribution in [1.29, 1.82) is 0 Å². The van der Waals surface area contributed by atoms with Crippen molar-refractivity contribution < 1.29 is 4.52 Å². The third-order valence-electron chi connectivity index (χ3n) is 2.89. The summed E-state index contributed by atoms with van der Waals surface area (Å²) in [6, 6.07) is 10.8. The van der Waals surface area contributed by atoms with Crippen LogP contribution in [0.3, 0.4) is 0 Å². The summed E-state index contributed by atoms with van der Waals surface area (Å²) in [6.07, 6.45) is 1.58. The summed E-state index contributed by atoms with van der Waals surface area (Å²) in [5, 5.41) is 3.98. The molecule has 6 heteroatoms. The highest BCUT2D eigenvalue weighted by molar-refractivity contribution is 9.10. The van der Waals surface area contributed by atoms with Gasteiger partial charge in [-0.1, -0.05) is 33.2 Å².